The lowest BCUT2D eigenvalue weighted by Gasteiger charge is -2.29. The lowest BCUT2D eigenvalue weighted by molar-refractivity contribution is -0.144. The van der Waals surface area contributed by atoms with E-state index in [1.165, 1.54) is 31.9 Å². The van der Waals surface area contributed by atoms with Crippen LogP contribution >= 0.6 is 31.9 Å². The Bertz CT molecular complexity index is 273. The number of alkyl halides is 7. The molecule has 1 atom stereocenters. The third-order valence-corrected chi connectivity index (χ3v) is 3.27. The highest BCUT2D eigenvalue weighted by molar-refractivity contribution is 9.12. The molecule has 0 N–H and O–H groups in total. The minimum Gasteiger partial charge on any atom is -0.216 e. The molecule has 0 saturated heterocycles. The minimum absolute atomic E-state index is 1.17. The highest BCUT2D eigenvalue weighted by Crippen LogP contribution is 2.55. The van der Waals surface area contributed by atoms with E-state index in [1.54, 1.807) is 0 Å². The molecule has 0 aromatic heterocycles. The van der Waals surface area contributed by atoms with Gasteiger partial charge < -0.3 is 0 Å². The van der Waals surface area contributed by atoms with Gasteiger partial charge in [0.05, 0.1) is 0 Å². The molecule has 0 bridgehead atoms. The van der Waals surface area contributed by atoms with Crippen LogP contribution in [0.4, 0.5) is 35.1 Å². The molecule has 0 rings (SSSR count). The maximum Gasteiger partial charge on any atom is 0.354 e. The molecule has 0 nitrogen and oxygen atoms in total. The number of hydrogen-bond acceptors (Lipinski definition) is 0. The van der Waals surface area contributed by atoms with Gasteiger partial charge in [-0.3, -0.25) is 0 Å². The zero-order chi connectivity index (χ0) is 12.7. The lowest BCUT2D eigenvalue weighted by Crippen LogP contribution is -2.50. The fourth-order valence-electron chi connectivity index (χ4n) is 0.435. The first kappa shape index (κ1) is 15.1. The van der Waals surface area contributed by atoms with Crippen molar-refractivity contribution < 1.29 is 35.1 Å². The summed E-state index contributed by atoms with van der Waals surface area (Å²) in [5.41, 5.74) is 0. The Balaban J connectivity index is 5.49. The van der Waals surface area contributed by atoms with E-state index in [2.05, 4.69) is 0 Å². The molecule has 15 heavy (non-hydrogen) atoms. The van der Waals surface area contributed by atoms with Crippen LogP contribution < -0.4 is 0 Å². The zero-order valence-electron chi connectivity index (χ0n) is 6.28. The molecule has 1 unspecified atom stereocenters. The van der Waals surface area contributed by atoms with Crippen LogP contribution in [0.5, 0.6) is 0 Å². The average molecular weight is 372 g/mol. The molecule has 0 fully saturated rings. The van der Waals surface area contributed by atoms with Crippen molar-refractivity contribution in [1.82, 2.24) is 0 Å². The van der Waals surface area contributed by atoms with E-state index in [1.807, 2.05) is 0 Å². The summed E-state index contributed by atoms with van der Waals surface area (Å²) in [6.45, 7) is 0. The molecule has 0 aliphatic carbocycles. The van der Waals surface area contributed by atoms with Crippen molar-refractivity contribution in [2.24, 2.45) is 0 Å². The first-order chi connectivity index (χ1) is 6.35. The molecule has 0 aromatic rings. The predicted molar refractivity (Wildman–Crippen MR) is 41.9 cm³/mol. The number of rotatable bonds is 3. The molecule has 0 amide bonds. The number of halogens is 10. The summed E-state index contributed by atoms with van der Waals surface area (Å²) in [7, 11) is 0. The Kier molecular flexibility index (Phi) is 4.23. The smallest absolute Gasteiger partial charge is 0.216 e. The van der Waals surface area contributed by atoms with Crippen LogP contribution in [-0.4, -0.2) is 15.3 Å². The van der Waals surface area contributed by atoms with Gasteiger partial charge in [-0.2, -0.15) is 30.7 Å². The van der Waals surface area contributed by atoms with Gasteiger partial charge in [-0.1, -0.05) is 0 Å². The van der Waals surface area contributed by atoms with Gasteiger partial charge in [0, 0.05) is 0 Å². The molecule has 0 saturated carbocycles. The highest BCUT2D eigenvalue weighted by Gasteiger charge is 2.71. The second kappa shape index (κ2) is 4.19. The van der Waals surface area contributed by atoms with E-state index in [0.29, 0.717) is 0 Å². The Labute approximate surface area is 94.6 Å². The highest BCUT2D eigenvalue weighted by atomic mass is 79.9. The lowest BCUT2D eigenvalue weighted by atomic mass is 10.2. The average Bonchev–Trinajstić information content (AvgIpc) is 2.00. The topological polar surface area (TPSA) is 0 Å². The maximum absolute atomic E-state index is 12.7. The molecule has 90 valence electrons. The second-order valence-corrected chi connectivity index (χ2v) is 4.31. The van der Waals surface area contributed by atoms with Crippen molar-refractivity contribution >= 4 is 31.9 Å². The van der Waals surface area contributed by atoms with Gasteiger partial charge in [0.15, 0.2) is 0 Å². The molecule has 0 aliphatic rings. The summed E-state index contributed by atoms with van der Waals surface area (Å²) in [4.78, 5) is -4.95. The van der Waals surface area contributed by atoms with Crippen LogP contribution in [0, 0.1) is 0 Å². The quantitative estimate of drug-likeness (QED) is 0.496. The molecular formula is C5Br2F8. The fourth-order valence-corrected chi connectivity index (χ4v) is 0.858. The molecule has 10 heteroatoms. The van der Waals surface area contributed by atoms with Gasteiger partial charge in [0.2, 0.25) is 5.83 Å². The van der Waals surface area contributed by atoms with E-state index < -0.39 is 27.2 Å². The van der Waals surface area contributed by atoms with Crippen LogP contribution in [0.2, 0.25) is 0 Å². The van der Waals surface area contributed by atoms with Gasteiger partial charge in [-0.15, -0.1) is 0 Å². The molecule has 0 aromatic carbocycles. The van der Waals surface area contributed by atoms with E-state index in [9.17, 15) is 35.1 Å². The van der Waals surface area contributed by atoms with Crippen LogP contribution in [0.15, 0.2) is 11.9 Å². The normalized spacial score (nSPS) is 17.2. The van der Waals surface area contributed by atoms with Crippen LogP contribution in [0.3, 0.4) is 0 Å². The van der Waals surface area contributed by atoms with Gasteiger partial charge in [0.1, 0.15) is 0 Å². The SMILES string of the molecule is FC(F)=C(F)C(F)(F)C(F)(Br)C(F)(F)Br. The van der Waals surface area contributed by atoms with E-state index in [-0.39, 0.29) is 0 Å². The molecule has 0 spiro atoms. The van der Waals surface area contributed by atoms with Crippen molar-refractivity contribution in [2.75, 3.05) is 0 Å². The van der Waals surface area contributed by atoms with Gasteiger partial charge in [0.25, 0.3) is 0 Å². The summed E-state index contributed by atoms with van der Waals surface area (Å²) in [6, 6.07) is 0. The third-order valence-electron chi connectivity index (χ3n) is 1.19. The van der Waals surface area contributed by atoms with E-state index in [0.717, 1.165) is 0 Å². The summed E-state index contributed by atoms with van der Waals surface area (Å²) < 4.78 is 92.1. The van der Waals surface area contributed by atoms with Crippen molar-refractivity contribution in [1.29, 1.82) is 0 Å². The van der Waals surface area contributed by atoms with Gasteiger partial charge in [-0.05, 0) is 31.9 Å². The minimum atomic E-state index is -5.72. The first-order valence-corrected chi connectivity index (χ1v) is 4.48. The summed E-state index contributed by atoms with van der Waals surface area (Å²) >= 11 is 2.36. The van der Waals surface area contributed by atoms with E-state index in [4.69, 9.17) is 0 Å². The van der Waals surface area contributed by atoms with Crippen molar-refractivity contribution in [3.05, 3.63) is 11.9 Å². The zero-order valence-corrected chi connectivity index (χ0v) is 9.45. The standard InChI is InChI=1S/C5Br2F8/c6-4(13,5(7,14)15)3(11,12)1(8)2(9)10. The first-order valence-electron chi connectivity index (χ1n) is 2.89. The summed E-state index contributed by atoms with van der Waals surface area (Å²) in [5.74, 6) is -9.29. The summed E-state index contributed by atoms with van der Waals surface area (Å²) in [6.07, 6.45) is -3.58. The number of allylic oxidation sites excluding steroid dienone is 1. The summed E-state index contributed by atoms with van der Waals surface area (Å²) in [5, 5.41) is 0. The molecule has 0 heterocycles. The third kappa shape index (κ3) is 2.63. The Morgan fingerprint density at radius 3 is 1.33 bits per heavy atom. The number of hydrogen-bond donors (Lipinski definition) is 0. The monoisotopic (exact) mass is 370 g/mol. The Morgan fingerprint density at radius 1 is 0.800 bits per heavy atom. The van der Waals surface area contributed by atoms with Crippen molar-refractivity contribution in [2.45, 2.75) is 15.3 Å². The largest absolute Gasteiger partial charge is 0.354 e. The molecule has 0 aliphatic heterocycles. The van der Waals surface area contributed by atoms with Gasteiger partial charge in [-0.25, -0.2) is 4.39 Å². The van der Waals surface area contributed by atoms with Crippen molar-refractivity contribution in [3.63, 3.8) is 0 Å². The molecule has 0 radical (unpaired) electrons. The second-order valence-electron chi connectivity index (χ2n) is 2.22. The van der Waals surface area contributed by atoms with Crippen LogP contribution in [0.25, 0.3) is 0 Å². The van der Waals surface area contributed by atoms with Gasteiger partial charge >= 0.3 is 21.4 Å². The van der Waals surface area contributed by atoms with E-state index >= 15 is 0 Å². The van der Waals surface area contributed by atoms with Crippen LogP contribution in [0.1, 0.15) is 0 Å². The maximum atomic E-state index is 12.7. The Hall–Kier alpha value is 0.140. The fraction of sp³-hybridized carbons (Fsp3) is 0.600. The Morgan fingerprint density at radius 2 is 1.13 bits per heavy atom. The van der Waals surface area contributed by atoms with Crippen molar-refractivity contribution in [3.8, 4) is 0 Å². The predicted octanol–water partition coefficient (Wildman–Crippen LogP) is 4.75. The molecular weight excluding hydrogens is 372 g/mol. The van der Waals surface area contributed by atoms with Crippen LogP contribution in [-0.2, 0) is 0 Å².